The second kappa shape index (κ2) is 5.53. The molecule has 0 radical (unpaired) electrons. The Kier molecular flexibility index (Phi) is 4.03. The van der Waals surface area contributed by atoms with Gasteiger partial charge in [-0.15, -0.1) is 0 Å². The number of nitrogens with zero attached hydrogens (tertiary/aromatic N) is 2. The molecule has 0 spiro atoms. The summed E-state index contributed by atoms with van der Waals surface area (Å²) in [5.74, 6) is -0.162. The maximum atomic E-state index is 11.3. The smallest absolute Gasteiger partial charge is 0.254 e. The zero-order chi connectivity index (χ0) is 13.1. The summed E-state index contributed by atoms with van der Waals surface area (Å²) < 4.78 is 0. The third-order valence-electron chi connectivity index (χ3n) is 3.02. The minimum absolute atomic E-state index is 0.0762. The third-order valence-corrected chi connectivity index (χ3v) is 3.58. The first kappa shape index (κ1) is 13.1. The van der Waals surface area contributed by atoms with E-state index in [1.165, 1.54) is 18.0 Å². The molecule has 0 aromatic carbocycles. The fourth-order valence-electron chi connectivity index (χ4n) is 2.04. The van der Waals surface area contributed by atoms with Gasteiger partial charge in [0.2, 0.25) is 0 Å². The highest BCUT2D eigenvalue weighted by Gasteiger charge is 2.26. The molecule has 7 heteroatoms. The van der Waals surface area contributed by atoms with Crippen molar-refractivity contribution in [2.45, 2.75) is 36.6 Å². The number of aliphatic hydroxyl groups excluding tert-OH is 1. The molecule has 0 saturated heterocycles. The Bertz CT molecular complexity index is 455. The van der Waals surface area contributed by atoms with Crippen LogP contribution in [0.2, 0.25) is 0 Å². The Morgan fingerprint density at radius 3 is 2.94 bits per heavy atom. The van der Waals surface area contributed by atoms with E-state index < -0.39 is 12.0 Å². The summed E-state index contributed by atoms with van der Waals surface area (Å²) in [6.45, 7) is 0. The number of amides is 1. The summed E-state index contributed by atoms with van der Waals surface area (Å²) in [4.78, 5) is 19.6. The van der Waals surface area contributed by atoms with Crippen LogP contribution in [0.25, 0.3) is 0 Å². The maximum absolute atomic E-state index is 11.3. The first-order valence-corrected chi connectivity index (χ1v) is 6.99. The minimum atomic E-state index is -0.572. The quantitative estimate of drug-likeness (QED) is 0.546. The van der Waals surface area contributed by atoms with Crippen molar-refractivity contribution in [1.29, 1.82) is 0 Å². The molecule has 6 nitrogen and oxygen atoms in total. The Balaban J connectivity index is 2.25. The van der Waals surface area contributed by atoms with Gasteiger partial charge in [0.15, 0.2) is 5.16 Å². The highest BCUT2D eigenvalue weighted by atomic mass is 32.2. The first-order chi connectivity index (χ1) is 8.61. The van der Waals surface area contributed by atoms with Crippen LogP contribution >= 0.6 is 11.8 Å². The van der Waals surface area contributed by atoms with E-state index in [1.54, 1.807) is 0 Å². The van der Waals surface area contributed by atoms with Crippen LogP contribution < -0.4 is 11.1 Å². The van der Waals surface area contributed by atoms with Gasteiger partial charge in [0.25, 0.3) is 5.91 Å². The highest BCUT2D eigenvalue weighted by molar-refractivity contribution is 7.98. The fourth-order valence-corrected chi connectivity index (χ4v) is 2.38. The molecule has 98 valence electrons. The standard InChI is InChI=1S/C11H16N4O2S/c1-18-11-13-5-6(9(12)17)10(15-11)14-7-3-2-4-8(7)16/h5,7-8,16H,2-4H2,1H3,(H2,12,17)(H,13,14,15)/t7-,8-/m0/s1. The van der Waals surface area contributed by atoms with Crippen LogP contribution in [0.1, 0.15) is 29.6 Å². The maximum Gasteiger partial charge on any atom is 0.254 e. The molecule has 1 aromatic heterocycles. The number of aromatic nitrogens is 2. The number of carbonyl (C=O) groups excluding carboxylic acids is 1. The van der Waals surface area contributed by atoms with E-state index in [9.17, 15) is 9.90 Å². The molecule has 1 saturated carbocycles. The summed E-state index contributed by atoms with van der Waals surface area (Å²) in [5.41, 5.74) is 5.54. The lowest BCUT2D eigenvalue weighted by Crippen LogP contribution is -2.30. The zero-order valence-corrected chi connectivity index (χ0v) is 10.9. The number of primary amides is 1. The Morgan fingerprint density at radius 1 is 1.61 bits per heavy atom. The molecule has 2 rings (SSSR count). The van der Waals surface area contributed by atoms with Crippen molar-refractivity contribution in [1.82, 2.24) is 9.97 Å². The average Bonchev–Trinajstić information content (AvgIpc) is 2.74. The van der Waals surface area contributed by atoms with Gasteiger partial charge in [-0.25, -0.2) is 9.97 Å². The van der Waals surface area contributed by atoms with Crippen LogP contribution in [0.15, 0.2) is 11.4 Å². The highest BCUT2D eigenvalue weighted by Crippen LogP contribution is 2.24. The first-order valence-electron chi connectivity index (χ1n) is 5.77. The van der Waals surface area contributed by atoms with Crippen molar-refractivity contribution in [3.8, 4) is 0 Å². The summed E-state index contributed by atoms with van der Waals surface area (Å²) in [6.07, 6.45) is 5.46. The van der Waals surface area contributed by atoms with Gasteiger partial charge in [-0.05, 0) is 25.5 Å². The minimum Gasteiger partial charge on any atom is -0.391 e. The fraction of sp³-hybridized carbons (Fsp3) is 0.545. The molecule has 1 heterocycles. The molecule has 1 aromatic rings. The van der Waals surface area contributed by atoms with E-state index in [4.69, 9.17) is 5.73 Å². The van der Waals surface area contributed by atoms with Crippen molar-refractivity contribution in [2.75, 3.05) is 11.6 Å². The van der Waals surface area contributed by atoms with Crippen molar-refractivity contribution >= 4 is 23.5 Å². The summed E-state index contributed by atoms with van der Waals surface area (Å²) in [6, 6.07) is -0.0762. The van der Waals surface area contributed by atoms with E-state index in [1.807, 2.05) is 6.26 Å². The van der Waals surface area contributed by atoms with Crippen LogP contribution in [0.5, 0.6) is 0 Å². The van der Waals surface area contributed by atoms with Gasteiger partial charge in [-0.3, -0.25) is 4.79 Å². The van der Waals surface area contributed by atoms with Crippen LogP contribution in [0.3, 0.4) is 0 Å². The Morgan fingerprint density at radius 2 is 2.39 bits per heavy atom. The molecule has 1 fully saturated rings. The number of aliphatic hydroxyl groups is 1. The predicted octanol–water partition coefficient (Wildman–Crippen LogP) is 0.623. The van der Waals surface area contributed by atoms with Gasteiger partial charge in [0, 0.05) is 6.20 Å². The van der Waals surface area contributed by atoms with Crippen molar-refractivity contribution < 1.29 is 9.90 Å². The van der Waals surface area contributed by atoms with Gasteiger partial charge in [-0.1, -0.05) is 11.8 Å². The lowest BCUT2D eigenvalue weighted by molar-refractivity contribution is 0.1000. The zero-order valence-electron chi connectivity index (χ0n) is 10.1. The molecule has 0 unspecified atom stereocenters. The molecular formula is C11H16N4O2S. The van der Waals surface area contributed by atoms with Crippen molar-refractivity contribution in [3.63, 3.8) is 0 Å². The second-order valence-electron chi connectivity index (χ2n) is 4.23. The van der Waals surface area contributed by atoms with Gasteiger partial charge < -0.3 is 16.2 Å². The van der Waals surface area contributed by atoms with E-state index in [0.717, 1.165) is 19.3 Å². The van der Waals surface area contributed by atoms with Crippen LogP contribution in [0.4, 0.5) is 5.82 Å². The van der Waals surface area contributed by atoms with Gasteiger partial charge in [0.1, 0.15) is 5.82 Å². The normalized spacial score (nSPS) is 23.0. The van der Waals surface area contributed by atoms with Crippen molar-refractivity contribution in [3.05, 3.63) is 11.8 Å². The predicted molar refractivity (Wildman–Crippen MR) is 69.6 cm³/mol. The van der Waals surface area contributed by atoms with Crippen LogP contribution in [-0.4, -0.2) is 39.4 Å². The number of nitrogens with one attached hydrogen (secondary N) is 1. The van der Waals surface area contributed by atoms with Crippen LogP contribution in [0, 0.1) is 0 Å². The van der Waals surface area contributed by atoms with Gasteiger partial charge >= 0.3 is 0 Å². The molecule has 18 heavy (non-hydrogen) atoms. The Hall–Kier alpha value is -1.34. The van der Waals surface area contributed by atoms with E-state index in [0.29, 0.717) is 11.0 Å². The molecule has 1 aliphatic rings. The van der Waals surface area contributed by atoms with Gasteiger partial charge in [-0.2, -0.15) is 0 Å². The number of hydrogen-bond acceptors (Lipinski definition) is 6. The number of rotatable bonds is 4. The van der Waals surface area contributed by atoms with E-state index in [2.05, 4.69) is 15.3 Å². The number of thioether (sulfide) groups is 1. The summed E-state index contributed by atoms with van der Waals surface area (Å²) >= 11 is 1.39. The van der Waals surface area contributed by atoms with Gasteiger partial charge in [0.05, 0.1) is 17.7 Å². The molecule has 2 atom stereocenters. The molecule has 4 N–H and O–H groups in total. The van der Waals surface area contributed by atoms with Crippen LogP contribution in [-0.2, 0) is 0 Å². The molecule has 0 aliphatic heterocycles. The lowest BCUT2D eigenvalue weighted by Gasteiger charge is -2.18. The Labute approximate surface area is 109 Å². The van der Waals surface area contributed by atoms with Crippen molar-refractivity contribution in [2.24, 2.45) is 5.73 Å². The average molecular weight is 268 g/mol. The third kappa shape index (κ3) is 2.73. The van der Waals surface area contributed by atoms with E-state index in [-0.39, 0.29) is 11.6 Å². The SMILES string of the molecule is CSc1ncc(C(N)=O)c(N[C@H]2CCC[C@@H]2O)n1. The monoisotopic (exact) mass is 268 g/mol. The number of nitrogens with two attached hydrogens (primary N) is 1. The second-order valence-corrected chi connectivity index (χ2v) is 5.01. The molecule has 1 amide bonds. The lowest BCUT2D eigenvalue weighted by atomic mass is 10.2. The number of carbonyl (C=O) groups is 1. The molecule has 0 bridgehead atoms. The number of hydrogen-bond donors (Lipinski definition) is 3. The summed E-state index contributed by atoms with van der Waals surface area (Å²) in [5, 5.41) is 13.4. The number of anilines is 1. The van der Waals surface area contributed by atoms with E-state index >= 15 is 0 Å². The largest absolute Gasteiger partial charge is 0.391 e. The summed E-state index contributed by atoms with van der Waals surface area (Å²) in [7, 11) is 0. The molecule has 1 aliphatic carbocycles. The molecular weight excluding hydrogens is 252 g/mol. The topological polar surface area (TPSA) is 101 Å².